The average molecular weight is 256 g/mol. The predicted octanol–water partition coefficient (Wildman–Crippen LogP) is 3.36. The number of ether oxygens (including phenoxy) is 1. The lowest BCUT2D eigenvalue weighted by Crippen LogP contribution is -2.46. The number of aromatic nitrogens is 1. The highest BCUT2D eigenvalue weighted by Gasteiger charge is 2.48. The molecule has 1 saturated heterocycles. The van der Waals surface area contributed by atoms with Crippen LogP contribution in [0.15, 0.2) is 24.4 Å². The van der Waals surface area contributed by atoms with Gasteiger partial charge in [-0.05, 0) is 37.8 Å². The van der Waals surface area contributed by atoms with E-state index in [4.69, 9.17) is 4.74 Å². The van der Waals surface area contributed by atoms with E-state index in [0.717, 1.165) is 38.0 Å². The highest BCUT2D eigenvalue weighted by molar-refractivity contribution is 5.22. The number of pyridine rings is 1. The summed E-state index contributed by atoms with van der Waals surface area (Å²) < 4.78 is 6.11. The molecular formula is C16H20N2O. The molecule has 1 spiro atoms. The Hall–Kier alpha value is -1.40. The molecule has 1 aromatic rings. The first kappa shape index (κ1) is 12.6. The SMILES string of the molecule is N#CCC1(c2ccccn2)CCOC2(CCCC2)C1. The fourth-order valence-electron chi connectivity index (χ4n) is 3.85. The van der Waals surface area contributed by atoms with E-state index in [0.29, 0.717) is 6.42 Å². The van der Waals surface area contributed by atoms with Crippen molar-refractivity contribution >= 4 is 0 Å². The van der Waals surface area contributed by atoms with Crippen LogP contribution in [0.1, 0.15) is 50.6 Å². The van der Waals surface area contributed by atoms with E-state index in [2.05, 4.69) is 17.1 Å². The summed E-state index contributed by atoms with van der Waals surface area (Å²) in [6.45, 7) is 0.762. The second-order valence-electron chi connectivity index (χ2n) is 6.00. The molecule has 0 N–H and O–H groups in total. The zero-order valence-corrected chi connectivity index (χ0v) is 11.3. The molecule has 0 radical (unpaired) electrons. The van der Waals surface area contributed by atoms with E-state index in [9.17, 15) is 5.26 Å². The molecule has 1 saturated carbocycles. The maximum atomic E-state index is 9.26. The monoisotopic (exact) mass is 256 g/mol. The van der Waals surface area contributed by atoms with Crippen molar-refractivity contribution in [1.82, 2.24) is 4.98 Å². The van der Waals surface area contributed by atoms with Crippen LogP contribution in [-0.2, 0) is 10.2 Å². The van der Waals surface area contributed by atoms with Crippen LogP contribution < -0.4 is 0 Å². The molecule has 0 bridgehead atoms. The Morgan fingerprint density at radius 3 is 2.79 bits per heavy atom. The van der Waals surface area contributed by atoms with Gasteiger partial charge in [-0.2, -0.15) is 5.26 Å². The highest BCUT2D eigenvalue weighted by atomic mass is 16.5. The molecule has 1 aliphatic heterocycles. The Labute approximate surface area is 114 Å². The first-order valence-electron chi connectivity index (χ1n) is 7.21. The van der Waals surface area contributed by atoms with Crippen LogP contribution in [0.3, 0.4) is 0 Å². The molecule has 2 fully saturated rings. The summed E-state index contributed by atoms with van der Waals surface area (Å²) in [6, 6.07) is 8.43. The first-order valence-corrected chi connectivity index (χ1v) is 7.21. The number of nitriles is 1. The van der Waals surface area contributed by atoms with Crippen LogP contribution in [0.4, 0.5) is 0 Å². The van der Waals surface area contributed by atoms with E-state index >= 15 is 0 Å². The Balaban J connectivity index is 1.94. The molecule has 2 aliphatic rings. The van der Waals surface area contributed by atoms with E-state index in [1.54, 1.807) is 0 Å². The molecule has 2 heterocycles. The third-order valence-corrected chi connectivity index (χ3v) is 4.79. The summed E-state index contributed by atoms with van der Waals surface area (Å²) in [5.74, 6) is 0. The zero-order chi connectivity index (χ0) is 13.2. The van der Waals surface area contributed by atoms with E-state index in [1.807, 2.05) is 18.3 Å². The van der Waals surface area contributed by atoms with Gasteiger partial charge in [-0.3, -0.25) is 4.98 Å². The van der Waals surface area contributed by atoms with Gasteiger partial charge in [0.05, 0.1) is 11.7 Å². The van der Waals surface area contributed by atoms with Gasteiger partial charge >= 0.3 is 0 Å². The van der Waals surface area contributed by atoms with Crippen LogP contribution in [0.5, 0.6) is 0 Å². The zero-order valence-electron chi connectivity index (χ0n) is 11.3. The summed E-state index contributed by atoms with van der Waals surface area (Å²) in [4.78, 5) is 4.54. The normalized spacial score (nSPS) is 29.2. The maximum Gasteiger partial charge on any atom is 0.0692 e. The van der Waals surface area contributed by atoms with E-state index in [-0.39, 0.29) is 11.0 Å². The summed E-state index contributed by atoms with van der Waals surface area (Å²) in [6.07, 6.45) is 9.07. The largest absolute Gasteiger partial charge is 0.375 e. The third-order valence-electron chi connectivity index (χ3n) is 4.79. The van der Waals surface area contributed by atoms with Crippen molar-refractivity contribution < 1.29 is 4.74 Å². The van der Waals surface area contributed by atoms with E-state index < -0.39 is 0 Å². The summed E-state index contributed by atoms with van der Waals surface area (Å²) >= 11 is 0. The Kier molecular flexibility index (Phi) is 3.28. The van der Waals surface area contributed by atoms with Crippen molar-refractivity contribution in [2.45, 2.75) is 56.0 Å². The quantitative estimate of drug-likeness (QED) is 0.815. The molecule has 19 heavy (non-hydrogen) atoms. The average Bonchev–Trinajstić information content (AvgIpc) is 2.88. The molecule has 3 heteroatoms. The van der Waals surface area contributed by atoms with Crippen LogP contribution >= 0.6 is 0 Å². The van der Waals surface area contributed by atoms with Crippen LogP contribution in [0.25, 0.3) is 0 Å². The van der Waals surface area contributed by atoms with Gasteiger partial charge in [0.1, 0.15) is 0 Å². The highest BCUT2D eigenvalue weighted by Crippen LogP contribution is 2.49. The molecule has 1 atom stereocenters. The number of hydrogen-bond acceptors (Lipinski definition) is 3. The van der Waals surface area contributed by atoms with Gasteiger partial charge in [-0.1, -0.05) is 18.9 Å². The van der Waals surface area contributed by atoms with Crippen molar-refractivity contribution in [2.75, 3.05) is 6.61 Å². The number of hydrogen-bond donors (Lipinski definition) is 0. The van der Waals surface area contributed by atoms with Gasteiger partial charge in [0.2, 0.25) is 0 Å². The minimum absolute atomic E-state index is 0.0205. The summed E-state index contributed by atoms with van der Waals surface area (Å²) in [7, 11) is 0. The summed E-state index contributed by atoms with van der Waals surface area (Å²) in [5, 5.41) is 9.26. The second kappa shape index (κ2) is 4.94. The van der Waals surface area contributed by atoms with Gasteiger partial charge < -0.3 is 4.74 Å². The molecule has 0 aromatic carbocycles. The molecule has 0 amide bonds. The first-order chi connectivity index (χ1) is 9.29. The lowest BCUT2D eigenvalue weighted by Gasteiger charge is -2.45. The standard InChI is InChI=1S/C16H20N2O/c17-10-8-15(14-5-1-4-11-18-14)9-12-19-16(13-15)6-2-3-7-16/h1,4-5,11H,2-3,6-9,12-13H2. The van der Waals surface area contributed by atoms with Crippen molar-refractivity contribution in [3.05, 3.63) is 30.1 Å². The van der Waals surface area contributed by atoms with Gasteiger partial charge in [-0.15, -0.1) is 0 Å². The molecule has 3 nitrogen and oxygen atoms in total. The third kappa shape index (κ3) is 2.26. The lowest BCUT2D eigenvalue weighted by molar-refractivity contribution is -0.102. The predicted molar refractivity (Wildman–Crippen MR) is 72.5 cm³/mol. The van der Waals surface area contributed by atoms with Gasteiger partial charge in [0.15, 0.2) is 0 Å². The fraction of sp³-hybridized carbons (Fsp3) is 0.625. The second-order valence-corrected chi connectivity index (χ2v) is 6.00. The Morgan fingerprint density at radius 2 is 2.11 bits per heavy atom. The van der Waals surface area contributed by atoms with Crippen LogP contribution in [0, 0.1) is 11.3 Å². The molecular weight excluding hydrogens is 236 g/mol. The molecule has 1 aliphatic carbocycles. The van der Waals surface area contributed by atoms with E-state index in [1.165, 1.54) is 12.8 Å². The van der Waals surface area contributed by atoms with Crippen LogP contribution in [-0.4, -0.2) is 17.2 Å². The number of rotatable bonds is 2. The maximum absolute atomic E-state index is 9.26. The molecule has 3 rings (SSSR count). The van der Waals surface area contributed by atoms with Gasteiger partial charge in [0.25, 0.3) is 0 Å². The Morgan fingerprint density at radius 1 is 1.26 bits per heavy atom. The van der Waals surface area contributed by atoms with Crippen molar-refractivity contribution in [3.63, 3.8) is 0 Å². The van der Waals surface area contributed by atoms with Gasteiger partial charge in [-0.25, -0.2) is 0 Å². The Bertz CT molecular complexity index is 473. The molecule has 1 unspecified atom stereocenters. The minimum Gasteiger partial charge on any atom is -0.375 e. The number of nitrogens with zero attached hydrogens (tertiary/aromatic N) is 2. The van der Waals surface area contributed by atoms with Crippen LogP contribution in [0.2, 0.25) is 0 Å². The van der Waals surface area contributed by atoms with Crippen molar-refractivity contribution in [1.29, 1.82) is 5.26 Å². The minimum atomic E-state index is -0.0986. The summed E-state index contributed by atoms with van der Waals surface area (Å²) in [5.41, 5.74) is 0.997. The topological polar surface area (TPSA) is 45.9 Å². The van der Waals surface area contributed by atoms with Gasteiger partial charge in [0, 0.05) is 30.3 Å². The fourth-order valence-corrected chi connectivity index (χ4v) is 3.85. The smallest absolute Gasteiger partial charge is 0.0692 e. The lowest BCUT2D eigenvalue weighted by atomic mass is 9.68. The molecule has 100 valence electrons. The van der Waals surface area contributed by atoms with Crippen molar-refractivity contribution in [3.8, 4) is 6.07 Å². The van der Waals surface area contributed by atoms with Crippen molar-refractivity contribution in [2.24, 2.45) is 0 Å². The molecule has 1 aromatic heterocycles.